The first-order chi connectivity index (χ1) is 7.18. The number of aromatic nitrogens is 3. The van der Waals surface area contributed by atoms with Crippen LogP contribution in [0.1, 0.15) is 9.67 Å². The van der Waals surface area contributed by atoms with Crippen LogP contribution in [0.3, 0.4) is 0 Å². The molecule has 2 aromatic rings. The first-order valence-electron chi connectivity index (χ1n) is 3.85. The highest BCUT2D eigenvalue weighted by Gasteiger charge is 2.17. The van der Waals surface area contributed by atoms with Crippen molar-refractivity contribution in [2.45, 2.75) is 0 Å². The molecule has 7 heteroatoms. The van der Waals surface area contributed by atoms with Crippen molar-refractivity contribution in [3.8, 4) is 11.3 Å². The van der Waals surface area contributed by atoms with Crippen LogP contribution in [-0.2, 0) is 0 Å². The molecule has 76 valence electrons. The van der Waals surface area contributed by atoms with Gasteiger partial charge in [0.25, 0.3) is 0 Å². The second-order valence-electron chi connectivity index (χ2n) is 2.65. The highest BCUT2D eigenvalue weighted by molar-refractivity contribution is 7.08. The first-order valence-corrected chi connectivity index (χ1v) is 4.62. The molecular weight excluding hydrogens is 221 g/mol. The standard InChI is InChI=1S/C8H4FN3O2S/c9-5-1-4(2-10-3-5)6-7(8(13)14)15-12-11-6/h1-3H,(H,13,14). The van der Waals surface area contributed by atoms with E-state index in [1.165, 1.54) is 6.20 Å². The average molecular weight is 225 g/mol. The highest BCUT2D eigenvalue weighted by Crippen LogP contribution is 2.23. The third kappa shape index (κ3) is 1.82. The molecule has 0 amide bonds. The predicted molar refractivity (Wildman–Crippen MR) is 50.1 cm³/mol. The molecule has 5 nitrogen and oxygen atoms in total. The van der Waals surface area contributed by atoms with E-state index >= 15 is 0 Å². The summed E-state index contributed by atoms with van der Waals surface area (Å²) < 4.78 is 16.3. The molecule has 0 aromatic carbocycles. The van der Waals surface area contributed by atoms with E-state index in [-0.39, 0.29) is 10.6 Å². The number of carboxylic acids is 1. The van der Waals surface area contributed by atoms with E-state index in [4.69, 9.17) is 5.11 Å². The van der Waals surface area contributed by atoms with Gasteiger partial charge in [0, 0.05) is 11.8 Å². The van der Waals surface area contributed by atoms with Gasteiger partial charge >= 0.3 is 5.97 Å². The van der Waals surface area contributed by atoms with Gasteiger partial charge in [0.15, 0.2) is 4.88 Å². The molecule has 0 fully saturated rings. The number of carbonyl (C=O) groups is 1. The zero-order chi connectivity index (χ0) is 10.8. The number of aromatic carboxylic acids is 1. The lowest BCUT2D eigenvalue weighted by molar-refractivity contribution is 0.0702. The van der Waals surface area contributed by atoms with Crippen molar-refractivity contribution in [2.24, 2.45) is 0 Å². The largest absolute Gasteiger partial charge is 0.477 e. The summed E-state index contributed by atoms with van der Waals surface area (Å²) in [5.74, 6) is -1.68. The van der Waals surface area contributed by atoms with Crippen molar-refractivity contribution in [2.75, 3.05) is 0 Å². The highest BCUT2D eigenvalue weighted by atomic mass is 32.1. The number of halogens is 1. The average Bonchev–Trinajstić information content (AvgIpc) is 2.65. The van der Waals surface area contributed by atoms with Gasteiger partial charge in [0.1, 0.15) is 11.5 Å². The molecule has 0 aliphatic heterocycles. The molecule has 0 saturated heterocycles. The minimum absolute atomic E-state index is 0.0256. The number of hydrogen-bond donors (Lipinski definition) is 1. The van der Waals surface area contributed by atoms with Crippen LogP contribution in [0.25, 0.3) is 11.3 Å². The van der Waals surface area contributed by atoms with Gasteiger partial charge in [-0.2, -0.15) is 0 Å². The molecular formula is C8H4FN3O2S. The van der Waals surface area contributed by atoms with E-state index in [0.717, 1.165) is 23.8 Å². The van der Waals surface area contributed by atoms with Crippen molar-refractivity contribution in [3.05, 3.63) is 29.2 Å². The number of nitrogens with zero attached hydrogens (tertiary/aromatic N) is 3. The fourth-order valence-corrected chi connectivity index (χ4v) is 1.59. The molecule has 2 heterocycles. The Kier molecular flexibility index (Phi) is 2.38. The van der Waals surface area contributed by atoms with Crippen LogP contribution in [0.2, 0.25) is 0 Å². The molecule has 0 radical (unpaired) electrons. The predicted octanol–water partition coefficient (Wildman–Crippen LogP) is 1.44. The Bertz CT molecular complexity index is 514. The van der Waals surface area contributed by atoms with E-state index in [0.29, 0.717) is 5.56 Å². The number of hydrogen-bond acceptors (Lipinski definition) is 5. The third-order valence-electron chi connectivity index (χ3n) is 1.66. The van der Waals surface area contributed by atoms with Crippen molar-refractivity contribution in [1.29, 1.82) is 0 Å². The number of pyridine rings is 1. The molecule has 15 heavy (non-hydrogen) atoms. The molecule has 0 atom stereocenters. The smallest absolute Gasteiger partial charge is 0.349 e. The molecule has 0 aliphatic rings. The van der Waals surface area contributed by atoms with Crippen LogP contribution < -0.4 is 0 Å². The van der Waals surface area contributed by atoms with Crippen molar-refractivity contribution >= 4 is 17.5 Å². The van der Waals surface area contributed by atoms with Crippen LogP contribution in [0.4, 0.5) is 4.39 Å². The van der Waals surface area contributed by atoms with Gasteiger partial charge < -0.3 is 5.11 Å². The Morgan fingerprint density at radius 2 is 2.27 bits per heavy atom. The second kappa shape index (κ2) is 3.70. The minimum atomic E-state index is -1.13. The van der Waals surface area contributed by atoms with Crippen LogP contribution in [0.5, 0.6) is 0 Å². The fourth-order valence-electron chi connectivity index (χ4n) is 1.06. The number of rotatable bonds is 2. The van der Waals surface area contributed by atoms with Gasteiger partial charge in [0.2, 0.25) is 0 Å². The lowest BCUT2D eigenvalue weighted by atomic mass is 10.2. The summed E-state index contributed by atoms with van der Waals surface area (Å²) in [6.07, 6.45) is 2.37. The number of carboxylic acid groups (broad SMARTS) is 1. The summed E-state index contributed by atoms with van der Waals surface area (Å²) in [6, 6.07) is 1.16. The maximum absolute atomic E-state index is 12.8. The molecule has 1 N–H and O–H groups in total. The maximum atomic E-state index is 12.8. The molecule has 0 aliphatic carbocycles. The lowest BCUT2D eigenvalue weighted by Gasteiger charge is -1.96. The van der Waals surface area contributed by atoms with Gasteiger partial charge in [-0.15, -0.1) is 5.10 Å². The quantitative estimate of drug-likeness (QED) is 0.836. The molecule has 0 unspecified atom stereocenters. The van der Waals surface area contributed by atoms with Crippen LogP contribution in [0, 0.1) is 5.82 Å². The van der Waals surface area contributed by atoms with Crippen molar-refractivity contribution in [1.82, 2.24) is 14.6 Å². The summed E-state index contributed by atoms with van der Waals surface area (Å²) in [4.78, 5) is 14.3. The van der Waals surface area contributed by atoms with Gasteiger partial charge in [-0.05, 0) is 17.6 Å². The Morgan fingerprint density at radius 3 is 2.93 bits per heavy atom. The monoisotopic (exact) mass is 225 g/mol. The Hall–Kier alpha value is -1.89. The lowest BCUT2D eigenvalue weighted by Crippen LogP contribution is -1.96. The summed E-state index contributed by atoms with van der Waals surface area (Å²) in [5, 5.41) is 12.4. The summed E-state index contributed by atoms with van der Waals surface area (Å²) in [6.45, 7) is 0. The Labute approximate surface area is 87.4 Å². The molecule has 0 saturated carbocycles. The van der Waals surface area contributed by atoms with Crippen LogP contribution in [0.15, 0.2) is 18.5 Å². The Morgan fingerprint density at radius 1 is 1.47 bits per heavy atom. The summed E-state index contributed by atoms with van der Waals surface area (Å²) in [7, 11) is 0. The fraction of sp³-hybridized carbons (Fsp3) is 0. The normalized spacial score (nSPS) is 10.2. The first kappa shape index (κ1) is 9.66. The van der Waals surface area contributed by atoms with E-state index in [9.17, 15) is 9.18 Å². The van der Waals surface area contributed by atoms with Gasteiger partial charge in [-0.25, -0.2) is 9.18 Å². The van der Waals surface area contributed by atoms with Crippen LogP contribution >= 0.6 is 11.5 Å². The third-order valence-corrected chi connectivity index (χ3v) is 2.37. The SMILES string of the molecule is O=C(O)c1snnc1-c1cncc(F)c1. The van der Waals surface area contributed by atoms with Gasteiger partial charge in [-0.1, -0.05) is 4.49 Å². The van der Waals surface area contributed by atoms with E-state index in [1.807, 2.05) is 0 Å². The second-order valence-corrected chi connectivity index (χ2v) is 3.40. The van der Waals surface area contributed by atoms with E-state index in [1.54, 1.807) is 0 Å². The molecule has 0 bridgehead atoms. The molecule has 0 spiro atoms. The van der Waals surface area contributed by atoms with Crippen LogP contribution in [-0.4, -0.2) is 25.6 Å². The Balaban J connectivity index is 2.54. The van der Waals surface area contributed by atoms with Gasteiger partial charge in [-0.3, -0.25) is 4.98 Å². The maximum Gasteiger partial charge on any atom is 0.349 e. The zero-order valence-corrected chi connectivity index (χ0v) is 8.03. The minimum Gasteiger partial charge on any atom is -0.477 e. The zero-order valence-electron chi connectivity index (χ0n) is 7.22. The topological polar surface area (TPSA) is 76.0 Å². The summed E-state index contributed by atoms with van der Waals surface area (Å²) >= 11 is 0.747. The van der Waals surface area contributed by atoms with Crippen molar-refractivity contribution in [3.63, 3.8) is 0 Å². The summed E-state index contributed by atoms with van der Waals surface area (Å²) in [5.41, 5.74) is 0.445. The van der Waals surface area contributed by atoms with Gasteiger partial charge in [0.05, 0.1) is 6.20 Å². The van der Waals surface area contributed by atoms with Crippen molar-refractivity contribution < 1.29 is 14.3 Å². The molecule has 2 aromatic heterocycles. The van der Waals surface area contributed by atoms with E-state index in [2.05, 4.69) is 14.6 Å². The molecule has 2 rings (SSSR count). The van der Waals surface area contributed by atoms with E-state index < -0.39 is 11.8 Å².